The van der Waals surface area contributed by atoms with E-state index in [1.165, 1.54) is 0 Å². The molecule has 0 saturated heterocycles. The maximum absolute atomic E-state index is 13.6. The summed E-state index contributed by atoms with van der Waals surface area (Å²) in [6, 6.07) is 10.3. The predicted octanol–water partition coefficient (Wildman–Crippen LogP) is 5.63. The highest BCUT2D eigenvalue weighted by Crippen LogP contribution is 2.28. The van der Waals surface area contributed by atoms with E-state index in [1.54, 1.807) is 80.3 Å². The van der Waals surface area contributed by atoms with Crippen LogP contribution < -0.4 is 20.7 Å². The third-order valence-electron chi connectivity index (χ3n) is 7.33. The van der Waals surface area contributed by atoms with Crippen molar-refractivity contribution in [3.63, 3.8) is 0 Å². The molecule has 3 N–H and O–H groups in total. The molecule has 4 rings (SSSR count). The molecule has 0 saturated carbocycles. The second-order valence-corrected chi connectivity index (χ2v) is 11.1. The molecule has 1 aliphatic rings. The number of anilines is 3. The minimum absolute atomic E-state index is 0.0732. The van der Waals surface area contributed by atoms with Crippen molar-refractivity contribution in [2.75, 3.05) is 49.8 Å². The van der Waals surface area contributed by atoms with Crippen LogP contribution in [0, 0.1) is 19.8 Å². The number of urea groups is 2. The molecule has 1 aliphatic heterocycles. The van der Waals surface area contributed by atoms with Gasteiger partial charge in [-0.15, -0.1) is 0 Å². The maximum atomic E-state index is 13.6. The van der Waals surface area contributed by atoms with Crippen molar-refractivity contribution in [3.8, 4) is 5.75 Å². The third-order valence-corrected chi connectivity index (χ3v) is 7.58. The molecule has 1 aromatic heterocycles. The summed E-state index contributed by atoms with van der Waals surface area (Å²) in [5.74, 6) is 0.383. The number of amides is 5. The molecule has 0 aliphatic carbocycles. The summed E-state index contributed by atoms with van der Waals surface area (Å²) in [5, 5.41) is 12.9. The number of halogens is 1. The fourth-order valence-electron chi connectivity index (χ4n) is 4.80. The highest BCUT2D eigenvalue weighted by atomic mass is 35.5. The van der Waals surface area contributed by atoms with Gasteiger partial charge in [-0.25, -0.2) is 9.59 Å². The molecule has 0 unspecified atom stereocenters. The number of likely N-dealkylation sites (N-methyl/N-ethyl adjacent to an activating group) is 1. The zero-order valence-electron chi connectivity index (χ0n) is 25.1. The molecule has 5 amide bonds. The second-order valence-electron chi connectivity index (χ2n) is 10.7. The Morgan fingerprint density at radius 2 is 1.70 bits per heavy atom. The summed E-state index contributed by atoms with van der Waals surface area (Å²) in [4.78, 5) is 43.0. The van der Waals surface area contributed by atoms with Gasteiger partial charge in [0.25, 0.3) is 5.91 Å². The van der Waals surface area contributed by atoms with Gasteiger partial charge in [-0.1, -0.05) is 23.7 Å². The summed E-state index contributed by atoms with van der Waals surface area (Å²) >= 11 is 5.93. The SMILES string of the molecule is CO[C@@H]1CN(C)C(=O)c2ccc(NC(=O)Nc3ccc(Cl)cc3)cc2OC[C@@H](C)N(C(=O)Nc2c(C)noc2C)C[C@@H]1C. The van der Waals surface area contributed by atoms with E-state index in [1.807, 2.05) is 13.8 Å². The van der Waals surface area contributed by atoms with Gasteiger partial charge in [-0.3, -0.25) is 4.79 Å². The number of ether oxygens (including phenoxy) is 2. The van der Waals surface area contributed by atoms with Crippen LogP contribution in [0.2, 0.25) is 5.02 Å². The standard InChI is InChI=1S/C30H37ClN6O6/c1-17-14-37(30(40)34-27-19(3)35-43-20(27)4)18(2)16-42-25-13-23(33-29(39)32-22-9-7-21(31)8-10-22)11-12-24(25)28(38)36(5)15-26(17)41-6/h7-13,17-18,26H,14-16H2,1-6H3,(H,34,40)(H2,32,33,39)/t17-,18+,26+/m0/s1. The van der Waals surface area contributed by atoms with Gasteiger partial charge in [-0.2, -0.15) is 0 Å². The van der Waals surface area contributed by atoms with Gasteiger partial charge < -0.3 is 39.7 Å². The van der Waals surface area contributed by atoms with Gasteiger partial charge in [0, 0.05) is 55.6 Å². The number of hydrogen-bond acceptors (Lipinski definition) is 7. The molecule has 230 valence electrons. The van der Waals surface area contributed by atoms with Gasteiger partial charge in [0.15, 0.2) is 5.76 Å². The first-order chi connectivity index (χ1) is 20.5. The van der Waals surface area contributed by atoms with Crippen molar-refractivity contribution in [1.29, 1.82) is 0 Å². The van der Waals surface area contributed by atoms with Crippen LogP contribution in [0.15, 0.2) is 47.0 Å². The molecule has 3 atom stereocenters. The molecule has 43 heavy (non-hydrogen) atoms. The lowest BCUT2D eigenvalue weighted by Gasteiger charge is -2.36. The van der Waals surface area contributed by atoms with Crippen molar-refractivity contribution >= 4 is 46.6 Å². The first-order valence-corrected chi connectivity index (χ1v) is 14.2. The highest BCUT2D eigenvalue weighted by Gasteiger charge is 2.31. The molecule has 0 bridgehead atoms. The molecule has 3 aromatic rings. The second kappa shape index (κ2) is 13.8. The first kappa shape index (κ1) is 31.6. The minimum atomic E-state index is -0.480. The first-order valence-electron chi connectivity index (χ1n) is 13.9. The lowest BCUT2D eigenvalue weighted by atomic mass is 10.0. The van der Waals surface area contributed by atoms with Gasteiger partial charge in [0.05, 0.1) is 17.7 Å². The summed E-state index contributed by atoms with van der Waals surface area (Å²) in [6.07, 6.45) is -0.350. The topological polar surface area (TPSA) is 138 Å². The van der Waals surface area contributed by atoms with Crippen LogP contribution in [0.4, 0.5) is 26.7 Å². The number of benzene rings is 2. The number of nitrogens with one attached hydrogen (secondary N) is 3. The van der Waals surface area contributed by atoms with Crippen molar-refractivity contribution < 1.29 is 28.4 Å². The summed E-state index contributed by atoms with van der Waals surface area (Å²) in [6.45, 7) is 8.01. The normalized spacial score (nSPS) is 19.4. The minimum Gasteiger partial charge on any atom is -0.491 e. The lowest BCUT2D eigenvalue weighted by molar-refractivity contribution is 0.0174. The Hall–Kier alpha value is -4.29. The molecule has 0 spiro atoms. The molecule has 13 heteroatoms. The van der Waals surface area contributed by atoms with Gasteiger partial charge in [0.2, 0.25) is 0 Å². The Labute approximate surface area is 255 Å². The lowest BCUT2D eigenvalue weighted by Crippen LogP contribution is -2.50. The molecule has 0 fully saturated rings. The van der Waals surface area contributed by atoms with Crippen LogP contribution in [0.5, 0.6) is 5.75 Å². The molecule has 0 radical (unpaired) electrons. The van der Waals surface area contributed by atoms with Crippen LogP contribution in [0.25, 0.3) is 0 Å². The molecular weight excluding hydrogens is 576 g/mol. The number of hydrogen-bond donors (Lipinski definition) is 3. The Balaban J connectivity index is 1.60. The van der Waals surface area contributed by atoms with Crippen molar-refractivity contribution in [2.24, 2.45) is 5.92 Å². The van der Waals surface area contributed by atoms with E-state index in [0.29, 0.717) is 45.6 Å². The number of aromatic nitrogens is 1. The number of carbonyl (C=O) groups is 3. The Morgan fingerprint density at radius 1 is 1.02 bits per heavy atom. The molecular formula is C30H37ClN6O6. The third kappa shape index (κ3) is 7.76. The smallest absolute Gasteiger partial charge is 0.323 e. The van der Waals surface area contributed by atoms with Crippen LogP contribution in [-0.4, -0.2) is 78.9 Å². The van der Waals surface area contributed by atoms with Crippen molar-refractivity contribution in [1.82, 2.24) is 15.0 Å². The Bertz CT molecular complexity index is 1440. The summed E-state index contributed by atoms with van der Waals surface area (Å²) < 4.78 is 17.2. The Kier molecular flexibility index (Phi) is 10.1. The quantitative estimate of drug-likeness (QED) is 0.347. The predicted molar refractivity (Wildman–Crippen MR) is 164 cm³/mol. The Morgan fingerprint density at radius 3 is 2.35 bits per heavy atom. The molecule has 2 heterocycles. The number of aryl methyl sites for hydroxylation is 2. The van der Waals surface area contributed by atoms with Crippen molar-refractivity contribution in [2.45, 2.75) is 39.8 Å². The average molecular weight is 613 g/mol. The number of fused-ring (bicyclic) bond motifs is 1. The molecule has 12 nitrogen and oxygen atoms in total. The van der Waals surface area contributed by atoms with E-state index in [0.717, 1.165) is 0 Å². The largest absolute Gasteiger partial charge is 0.491 e. The van der Waals surface area contributed by atoms with Crippen LogP contribution in [-0.2, 0) is 4.74 Å². The summed E-state index contributed by atoms with van der Waals surface area (Å²) in [7, 11) is 3.28. The van der Waals surface area contributed by atoms with E-state index in [9.17, 15) is 14.4 Å². The van der Waals surface area contributed by atoms with Crippen LogP contribution in [0.1, 0.15) is 35.7 Å². The van der Waals surface area contributed by atoms with Crippen LogP contribution >= 0.6 is 11.6 Å². The average Bonchev–Trinajstić information content (AvgIpc) is 3.29. The van der Waals surface area contributed by atoms with Crippen LogP contribution in [0.3, 0.4) is 0 Å². The zero-order valence-corrected chi connectivity index (χ0v) is 25.8. The number of carbonyl (C=O) groups excluding carboxylic acids is 3. The highest BCUT2D eigenvalue weighted by molar-refractivity contribution is 6.30. The summed E-state index contributed by atoms with van der Waals surface area (Å²) in [5.41, 5.74) is 2.38. The fraction of sp³-hybridized carbons (Fsp3) is 0.400. The number of methoxy groups -OCH3 is 1. The monoisotopic (exact) mass is 612 g/mol. The maximum Gasteiger partial charge on any atom is 0.323 e. The van der Waals surface area contributed by atoms with Gasteiger partial charge >= 0.3 is 12.1 Å². The fourth-order valence-corrected chi connectivity index (χ4v) is 4.93. The van der Waals surface area contributed by atoms with Gasteiger partial charge in [0.1, 0.15) is 23.7 Å². The zero-order chi connectivity index (χ0) is 31.3. The van der Waals surface area contributed by atoms with E-state index in [2.05, 4.69) is 21.1 Å². The van der Waals surface area contributed by atoms with Crippen molar-refractivity contribution in [3.05, 3.63) is 64.5 Å². The number of rotatable bonds is 4. The van der Waals surface area contributed by atoms with Gasteiger partial charge in [-0.05, 0) is 57.2 Å². The molecule has 2 aromatic carbocycles. The number of nitrogens with zero attached hydrogens (tertiary/aromatic N) is 3. The van der Waals surface area contributed by atoms with E-state index >= 15 is 0 Å². The van der Waals surface area contributed by atoms with E-state index < -0.39 is 12.1 Å². The van der Waals surface area contributed by atoms with E-state index in [-0.39, 0.29) is 42.9 Å². The van der Waals surface area contributed by atoms with E-state index in [4.69, 9.17) is 25.6 Å².